The maximum Gasteiger partial charge on any atom is 0.455 e. The Morgan fingerprint density at radius 3 is 2.25 bits per heavy atom. The van der Waals surface area contributed by atoms with Crippen LogP contribution in [0.4, 0.5) is 22.0 Å². The monoisotopic (exact) mass is 383 g/mol. The lowest BCUT2D eigenvalue weighted by molar-refractivity contribution is -0.291. The fourth-order valence-electron chi connectivity index (χ4n) is 1.42. The van der Waals surface area contributed by atoms with Gasteiger partial charge in [-0.25, -0.2) is 0 Å². The van der Waals surface area contributed by atoms with Gasteiger partial charge in [-0.05, 0) is 25.1 Å². The predicted octanol–water partition coefficient (Wildman–Crippen LogP) is 4.47. The molecule has 0 aliphatic heterocycles. The van der Waals surface area contributed by atoms with Crippen LogP contribution in [0.25, 0.3) is 0 Å². The van der Waals surface area contributed by atoms with Crippen molar-refractivity contribution in [2.24, 2.45) is 5.73 Å². The van der Waals surface area contributed by atoms with Crippen LogP contribution in [-0.4, -0.2) is 18.7 Å². The highest BCUT2D eigenvalue weighted by molar-refractivity contribution is 9.10. The third-order valence-electron chi connectivity index (χ3n) is 2.38. The van der Waals surface area contributed by atoms with Crippen LogP contribution in [0.5, 0.6) is 5.75 Å². The predicted molar refractivity (Wildman–Crippen MR) is 70.5 cm³/mol. The fraction of sp³-hybridized carbons (Fsp3) is 0.455. The van der Waals surface area contributed by atoms with Gasteiger partial charge in [0.1, 0.15) is 11.8 Å². The summed E-state index contributed by atoms with van der Waals surface area (Å²) in [6, 6.07) is 1.31. The maximum absolute atomic E-state index is 13.2. The Hall–Kier alpha value is -0.600. The van der Waals surface area contributed by atoms with Gasteiger partial charge in [0.15, 0.2) is 0 Å². The van der Waals surface area contributed by atoms with Gasteiger partial charge in [-0.1, -0.05) is 15.9 Å². The van der Waals surface area contributed by atoms with Crippen molar-refractivity contribution in [1.29, 1.82) is 0 Å². The average molecular weight is 385 g/mol. The number of halogens is 7. The highest BCUT2D eigenvalue weighted by atomic mass is 79.9. The molecular weight excluding hydrogens is 372 g/mol. The Labute approximate surface area is 127 Å². The van der Waals surface area contributed by atoms with E-state index in [0.717, 1.165) is 6.07 Å². The van der Waals surface area contributed by atoms with Crippen LogP contribution in [0.3, 0.4) is 0 Å². The molecule has 20 heavy (non-hydrogen) atoms. The molecule has 116 valence electrons. The molecule has 2 nitrogen and oxygen atoms in total. The van der Waals surface area contributed by atoms with Crippen molar-refractivity contribution >= 4 is 28.3 Å². The second kappa shape index (κ2) is 6.91. The zero-order valence-electron chi connectivity index (χ0n) is 10.2. The van der Waals surface area contributed by atoms with E-state index in [1.165, 1.54) is 12.1 Å². The van der Waals surface area contributed by atoms with Crippen LogP contribution in [0.15, 0.2) is 22.7 Å². The molecule has 0 heterocycles. The minimum atomic E-state index is -5.72. The van der Waals surface area contributed by atoms with Gasteiger partial charge in [0.25, 0.3) is 0 Å². The van der Waals surface area contributed by atoms with E-state index in [2.05, 4.69) is 15.9 Å². The van der Waals surface area contributed by atoms with E-state index in [1.54, 1.807) is 6.92 Å². The molecule has 0 saturated heterocycles. The van der Waals surface area contributed by atoms with Crippen molar-refractivity contribution in [3.8, 4) is 5.75 Å². The Bertz CT molecular complexity index is 455. The molecule has 0 bridgehead atoms. The normalized spacial score (nSPS) is 13.6. The molecule has 1 aromatic carbocycles. The molecule has 2 N–H and O–H groups in total. The van der Waals surface area contributed by atoms with Crippen molar-refractivity contribution in [3.63, 3.8) is 0 Å². The zero-order valence-corrected chi connectivity index (χ0v) is 12.6. The topological polar surface area (TPSA) is 35.2 Å². The molecule has 9 heteroatoms. The quantitative estimate of drug-likeness (QED) is 0.778. The van der Waals surface area contributed by atoms with Gasteiger partial charge < -0.3 is 10.5 Å². The lowest BCUT2D eigenvalue weighted by Crippen LogP contribution is -2.46. The number of benzene rings is 1. The van der Waals surface area contributed by atoms with E-state index >= 15 is 0 Å². The summed E-state index contributed by atoms with van der Waals surface area (Å²) in [5.74, 6) is -5.14. The SMILES string of the molecule is CCOc1ccc(Br)cc1[C@H](N)C(F)(F)C(F)(F)F.Cl. The minimum absolute atomic E-state index is 0. The van der Waals surface area contributed by atoms with Crippen LogP contribution in [0, 0.1) is 0 Å². The number of hydrogen-bond donors (Lipinski definition) is 1. The van der Waals surface area contributed by atoms with Gasteiger partial charge in [0.05, 0.1) is 6.61 Å². The van der Waals surface area contributed by atoms with E-state index in [4.69, 9.17) is 10.5 Å². The third-order valence-corrected chi connectivity index (χ3v) is 2.87. The number of hydrogen-bond acceptors (Lipinski definition) is 2. The number of rotatable bonds is 4. The van der Waals surface area contributed by atoms with E-state index in [9.17, 15) is 22.0 Å². The van der Waals surface area contributed by atoms with E-state index in [0.29, 0.717) is 4.47 Å². The van der Waals surface area contributed by atoms with Gasteiger partial charge >= 0.3 is 12.1 Å². The zero-order chi connectivity index (χ0) is 14.8. The van der Waals surface area contributed by atoms with Crippen LogP contribution in [-0.2, 0) is 0 Å². The van der Waals surface area contributed by atoms with Gasteiger partial charge in [0.2, 0.25) is 0 Å². The first kappa shape index (κ1) is 19.4. The molecule has 0 aliphatic rings. The lowest BCUT2D eigenvalue weighted by Gasteiger charge is -2.27. The third kappa shape index (κ3) is 3.95. The molecule has 0 radical (unpaired) electrons. The summed E-state index contributed by atoms with van der Waals surface area (Å²) in [6.07, 6.45) is -5.72. The second-order valence-corrected chi connectivity index (χ2v) is 4.63. The number of ether oxygens (including phenoxy) is 1. The van der Waals surface area contributed by atoms with E-state index in [-0.39, 0.29) is 24.8 Å². The molecule has 0 aromatic heterocycles. The molecular formula is C11H12BrClF5NO. The smallest absolute Gasteiger partial charge is 0.455 e. The summed E-state index contributed by atoms with van der Waals surface area (Å²) in [5, 5.41) is 0. The Morgan fingerprint density at radius 2 is 1.80 bits per heavy atom. The first-order chi connectivity index (χ1) is 8.61. The van der Waals surface area contributed by atoms with Crippen molar-refractivity contribution in [3.05, 3.63) is 28.2 Å². The summed E-state index contributed by atoms with van der Waals surface area (Å²) < 4.78 is 68.7. The van der Waals surface area contributed by atoms with Crippen molar-refractivity contribution in [2.45, 2.75) is 25.1 Å². The standard InChI is InChI=1S/C11H11BrF5NO.ClH/c1-2-19-8-4-3-6(12)5-7(8)9(18)10(13,14)11(15,16)17;/h3-5,9H,2,18H2,1H3;1H/t9-;/m0./s1. The van der Waals surface area contributed by atoms with E-state index in [1.807, 2.05) is 0 Å². The van der Waals surface area contributed by atoms with Gasteiger partial charge in [0, 0.05) is 10.0 Å². The molecule has 1 rings (SSSR count). The average Bonchev–Trinajstić information content (AvgIpc) is 2.29. The number of nitrogens with two attached hydrogens (primary N) is 1. The van der Waals surface area contributed by atoms with Gasteiger partial charge in [-0.3, -0.25) is 0 Å². The summed E-state index contributed by atoms with van der Waals surface area (Å²) in [7, 11) is 0. The molecule has 1 aromatic rings. The van der Waals surface area contributed by atoms with Crippen molar-refractivity contribution in [2.75, 3.05) is 6.61 Å². The molecule has 0 spiro atoms. The van der Waals surface area contributed by atoms with Crippen LogP contribution < -0.4 is 10.5 Å². The lowest BCUT2D eigenvalue weighted by atomic mass is 10.00. The molecule has 1 atom stereocenters. The molecule has 0 fully saturated rings. The van der Waals surface area contributed by atoms with Gasteiger partial charge in [-0.15, -0.1) is 12.4 Å². The summed E-state index contributed by atoms with van der Waals surface area (Å²) >= 11 is 3.00. The van der Waals surface area contributed by atoms with Gasteiger partial charge in [-0.2, -0.15) is 22.0 Å². The van der Waals surface area contributed by atoms with Crippen LogP contribution >= 0.6 is 28.3 Å². The van der Waals surface area contributed by atoms with Crippen LogP contribution in [0.1, 0.15) is 18.5 Å². The summed E-state index contributed by atoms with van der Waals surface area (Å²) in [5.41, 5.74) is 4.68. The van der Waals surface area contributed by atoms with Crippen molar-refractivity contribution in [1.82, 2.24) is 0 Å². The fourth-order valence-corrected chi connectivity index (χ4v) is 1.80. The maximum atomic E-state index is 13.2. The molecule has 0 amide bonds. The largest absolute Gasteiger partial charge is 0.494 e. The van der Waals surface area contributed by atoms with Crippen LogP contribution in [0.2, 0.25) is 0 Å². The molecule has 0 aliphatic carbocycles. The van der Waals surface area contributed by atoms with E-state index < -0.39 is 23.7 Å². The number of alkyl halides is 5. The Balaban J connectivity index is 0.00000361. The highest BCUT2D eigenvalue weighted by Gasteiger charge is 2.62. The highest BCUT2D eigenvalue weighted by Crippen LogP contribution is 2.45. The molecule has 0 saturated carbocycles. The summed E-state index contributed by atoms with van der Waals surface area (Å²) in [4.78, 5) is 0. The minimum Gasteiger partial charge on any atom is -0.494 e. The first-order valence-corrected chi connectivity index (χ1v) is 6.03. The Kier molecular flexibility index (Phi) is 6.70. The molecule has 0 unspecified atom stereocenters. The van der Waals surface area contributed by atoms with Crippen molar-refractivity contribution < 1.29 is 26.7 Å². The second-order valence-electron chi connectivity index (χ2n) is 3.71. The first-order valence-electron chi connectivity index (χ1n) is 5.23. The Morgan fingerprint density at radius 1 is 1.25 bits per heavy atom. The summed E-state index contributed by atoms with van der Waals surface area (Å²) in [6.45, 7) is 1.71.